The fraction of sp³-hybridized carbons (Fsp3) is 0.625. The largest absolute Gasteiger partial charge is 0.326 e. The van der Waals surface area contributed by atoms with E-state index in [0.29, 0.717) is 0 Å². The van der Waals surface area contributed by atoms with Crippen molar-refractivity contribution in [2.75, 3.05) is 0 Å². The third-order valence-corrected chi connectivity index (χ3v) is 3.12. The van der Waals surface area contributed by atoms with Crippen molar-refractivity contribution < 1.29 is 0 Å². The summed E-state index contributed by atoms with van der Waals surface area (Å²) in [5.41, 5.74) is 7.64. The van der Waals surface area contributed by atoms with Gasteiger partial charge in [-0.1, -0.05) is 58.1 Å². The average Bonchev–Trinajstić information content (AvgIpc) is 2.22. The van der Waals surface area contributed by atoms with Gasteiger partial charge in [-0.3, -0.25) is 0 Å². The first-order chi connectivity index (χ1) is 7.52. The highest BCUT2D eigenvalue weighted by Gasteiger charge is 2.29. The highest BCUT2D eigenvalue weighted by molar-refractivity contribution is 5.34. The molecule has 0 aliphatic heterocycles. The van der Waals surface area contributed by atoms with E-state index >= 15 is 0 Å². The second kappa shape index (κ2) is 4.45. The Kier molecular flexibility index (Phi) is 3.73. The van der Waals surface area contributed by atoms with E-state index in [4.69, 9.17) is 5.73 Å². The quantitative estimate of drug-likeness (QED) is 0.776. The van der Waals surface area contributed by atoms with Gasteiger partial charge in [-0.2, -0.15) is 0 Å². The molecule has 1 rings (SSSR count). The molecule has 0 spiro atoms. The van der Waals surface area contributed by atoms with E-state index in [9.17, 15) is 0 Å². The van der Waals surface area contributed by atoms with Gasteiger partial charge < -0.3 is 5.73 Å². The molecule has 2 N–H and O–H groups in total. The van der Waals surface area contributed by atoms with E-state index in [1.807, 2.05) is 0 Å². The highest BCUT2D eigenvalue weighted by atomic mass is 14.7. The summed E-state index contributed by atoms with van der Waals surface area (Å²) in [6.07, 6.45) is 12.1. The molecular weight excluding hydrogens is 206 g/mol. The molecule has 1 heteroatoms. The third-order valence-electron chi connectivity index (χ3n) is 3.12. The maximum Gasteiger partial charge on any atom is 0.0105 e. The van der Waals surface area contributed by atoms with Crippen LogP contribution in [-0.4, -0.2) is 5.54 Å². The molecule has 1 aliphatic rings. The van der Waals surface area contributed by atoms with Crippen molar-refractivity contribution in [3.63, 3.8) is 0 Å². The third kappa shape index (κ3) is 4.51. The zero-order valence-electron chi connectivity index (χ0n) is 12.2. The number of nitrogens with two attached hydrogens (primary N) is 1. The molecular formula is C16H27N. The van der Waals surface area contributed by atoms with Gasteiger partial charge >= 0.3 is 0 Å². The number of hydrogen-bond donors (Lipinski definition) is 1. The monoisotopic (exact) mass is 233 g/mol. The van der Waals surface area contributed by atoms with Crippen molar-refractivity contribution in [3.8, 4) is 0 Å². The van der Waals surface area contributed by atoms with Crippen molar-refractivity contribution in [1.82, 2.24) is 0 Å². The van der Waals surface area contributed by atoms with Gasteiger partial charge in [-0.15, -0.1) is 0 Å². The summed E-state index contributed by atoms with van der Waals surface area (Å²) >= 11 is 0. The van der Waals surface area contributed by atoms with E-state index in [0.717, 1.165) is 6.42 Å². The van der Waals surface area contributed by atoms with Crippen molar-refractivity contribution in [1.29, 1.82) is 0 Å². The summed E-state index contributed by atoms with van der Waals surface area (Å²) in [6, 6.07) is 0. The van der Waals surface area contributed by atoms with Gasteiger partial charge in [-0.05, 0) is 31.3 Å². The van der Waals surface area contributed by atoms with Crippen molar-refractivity contribution >= 4 is 0 Å². The maximum absolute atomic E-state index is 6.17. The first-order valence-electron chi connectivity index (χ1n) is 6.40. The molecule has 0 saturated carbocycles. The van der Waals surface area contributed by atoms with Crippen LogP contribution in [0.2, 0.25) is 0 Å². The van der Waals surface area contributed by atoms with Crippen LogP contribution in [0.25, 0.3) is 0 Å². The molecule has 0 bridgehead atoms. The van der Waals surface area contributed by atoms with Crippen molar-refractivity contribution in [2.24, 2.45) is 16.6 Å². The zero-order chi connectivity index (χ0) is 13.3. The van der Waals surface area contributed by atoms with E-state index in [1.54, 1.807) is 0 Å². The number of allylic oxidation sites excluding steroid dienone is 6. The molecule has 1 aliphatic carbocycles. The van der Waals surface area contributed by atoms with Crippen LogP contribution in [0.5, 0.6) is 0 Å². The van der Waals surface area contributed by atoms with Crippen LogP contribution in [0.15, 0.2) is 36.0 Å². The second-order valence-electron chi connectivity index (χ2n) is 7.19. The minimum atomic E-state index is -0.137. The minimum absolute atomic E-state index is 0.109. The molecule has 0 heterocycles. The molecule has 0 radical (unpaired) electrons. The summed E-state index contributed by atoms with van der Waals surface area (Å²) in [7, 11) is 0. The molecule has 0 saturated heterocycles. The smallest absolute Gasteiger partial charge is 0.0105 e. The van der Waals surface area contributed by atoms with Crippen LogP contribution in [-0.2, 0) is 0 Å². The Bertz CT molecular complexity index is 359. The Hall–Kier alpha value is -0.820. The van der Waals surface area contributed by atoms with Crippen LogP contribution >= 0.6 is 0 Å². The van der Waals surface area contributed by atoms with Crippen LogP contribution in [0.4, 0.5) is 0 Å². The highest BCUT2D eigenvalue weighted by Crippen LogP contribution is 2.38. The molecule has 0 unspecified atom stereocenters. The summed E-state index contributed by atoms with van der Waals surface area (Å²) in [6.45, 7) is 13.2. The lowest BCUT2D eigenvalue weighted by molar-refractivity contribution is 0.309. The minimum Gasteiger partial charge on any atom is -0.326 e. The molecule has 0 atom stereocenters. The first kappa shape index (κ1) is 14.2. The predicted molar refractivity (Wildman–Crippen MR) is 76.8 cm³/mol. The molecule has 1 nitrogen and oxygen atoms in total. The summed E-state index contributed by atoms with van der Waals surface area (Å²) < 4.78 is 0. The second-order valence-corrected chi connectivity index (χ2v) is 7.19. The molecule has 0 aromatic carbocycles. The first-order valence-corrected chi connectivity index (χ1v) is 6.40. The Labute approximate surface area is 106 Å². The van der Waals surface area contributed by atoms with Crippen molar-refractivity contribution in [2.45, 2.75) is 53.5 Å². The topological polar surface area (TPSA) is 26.0 Å². The van der Waals surface area contributed by atoms with Crippen LogP contribution < -0.4 is 5.73 Å². The van der Waals surface area contributed by atoms with Crippen LogP contribution in [0, 0.1) is 10.8 Å². The molecule has 17 heavy (non-hydrogen) atoms. The van der Waals surface area contributed by atoms with E-state index in [2.05, 4.69) is 71.9 Å². The average molecular weight is 233 g/mol. The van der Waals surface area contributed by atoms with Crippen LogP contribution in [0.3, 0.4) is 0 Å². The van der Waals surface area contributed by atoms with Crippen LogP contribution in [0.1, 0.15) is 48.0 Å². The fourth-order valence-electron chi connectivity index (χ4n) is 2.62. The molecule has 0 aromatic rings. The van der Waals surface area contributed by atoms with Gasteiger partial charge in [0.05, 0.1) is 0 Å². The lowest BCUT2D eigenvalue weighted by atomic mass is 9.73. The Morgan fingerprint density at radius 2 is 1.71 bits per heavy atom. The van der Waals surface area contributed by atoms with E-state index in [-0.39, 0.29) is 16.4 Å². The van der Waals surface area contributed by atoms with Gasteiger partial charge in [0.15, 0.2) is 0 Å². The van der Waals surface area contributed by atoms with E-state index in [1.165, 1.54) is 5.57 Å². The lowest BCUT2D eigenvalue weighted by Crippen LogP contribution is -2.38. The lowest BCUT2D eigenvalue weighted by Gasteiger charge is -2.34. The standard InChI is InChI=1S/C16H27N/c1-14(2)10-8-7-9-13(11-14)15(3,4)12-16(5,6)17/h7-11H,12,17H2,1-6H3. The summed E-state index contributed by atoms with van der Waals surface area (Å²) in [5, 5.41) is 0. The summed E-state index contributed by atoms with van der Waals surface area (Å²) in [5.74, 6) is 0. The predicted octanol–water partition coefficient (Wildman–Crippen LogP) is 4.22. The van der Waals surface area contributed by atoms with Crippen molar-refractivity contribution in [3.05, 3.63) is 36.0 Å². The van der Waals surface area contributed by atoms with Gasteiger partial charge in [0.2, 0.25) is 0 Å². The summed E-state index contributed by atoms with van der Waals surface area (Å²) in [4.78, 5) is 0. The Balaban J connectivity index is 3.03. The molecule has 0 fully saturated rings. The van der Waals surface area contributed by atoms with Gasteiger partial charge in [0.1, 0.15) is 0 Å². The number of hydrogen-bond acceptors (Lipinski definition) is 1. The molecule has 0 amide bonds. The Morgan fingerprint density at radius 3 is 2.24 bits per heavy atom. The SMILES string of the molecule is CC1(C)C=CC=CC(C(C)(C)CC(C)(C)N)=C1. The maximum atomic E-state index is 6.17. The van der Waals surface area contributed by atoms with Gasteiger partial charge in [-0.25, -0.2) is 0 Å². The number of rotatable bonds is 3. The zero-order valence-corrected chi connectivity index (χ0v) is 12.2. The Morgan fingerprint density at radius 1 is 1.12 bits per heavy atom. The van der Waals surface area contributed by atoms with E-state index < -0.39 is 0 Å². The molecule has 96 valence electrons. The fourth-order valence-corrected chi connectivity index (χ4v) is 2.62. The van der Waals surface area contributed by atoms with Gasteiger partial charge in [0, 0.05) is 11.0 Å². The van der Waals surface area contributed by atoms with Gasteiger partial charge in [0.25, 0.3) is 0 Å². The molecule has 0 aromatic heterocycles. The normalized spacial score (nSPS) is 20.1.